The van der Waals surface area contributed by atoms with E-state index in [9.17, 15) is 13.6 Å². The number of carbonyl (C=O) groups is 1. The van der Waals surface area contributed by atoms with Crippen molar-refractivity contribution in [3.8, 4) is 0 Å². The fourth-order valence-corrected chi connectivity index (χ4v) is 1.75. The number of nitrogens with zero attached hydrogens (tertiary/aromatic N) is 1. The summed E-state index contributed by atoms with van der Waals surface area (Å²) in [7, 11) is 0. The lowest BCUT2D eigenvalue weighted by Crippen LogP contribution is -2.06. The van der Waals surface area contributed by atoms with E-state index in [1.807, 2.05) is 0 Å². The molecule has 0 bridgehead atoms. The maximum atomic E-state index is 12.8. The minimum Gasteiger partial charge on any atom is -0.289 e. The normalized spacial score (nSPS) is 10.7. The highest BCUT2D eigenvalue weighted by molar-refractivity contribution is 6.31. The number of hydrogen-bond acceptors (Lipinski definition) is 2. The summed E-state index contributed by atoms with van der Waals surface area (Å²) in [5.41, 5.74) is -0.0981. The lowest BCUT2D eigenvalue weighted by atomic mass is 9.99. The molecule has 1 aromatic carbocycles. The Morgan fingerprint density at radius 3 is 2.44 bits per heavy atom. The Kier molecular flexibility index (Phi) is 3.67. The van der Waals surface area contributed by atoms with Crippen LogP contribution >= 0.6 is 11.6 Å². The minimum absolute atomic E-state index is 0.0799. The molecule has 1 aromatic heterocycles. The summed E-state index contributed by atoms with van der Waals surface area (Å²) in [5.74, 6) is -0.491. The van der Waals surface area contributed by atoms with E-state index in [0.717, 1.165) is 0 Å². The lowest BCUT2D eigenvalue weighted by Gasteiger charge is -2.08. The van der Waals surface area contributed by atoms with Crippen LogP contribution in [0.2, 0.25) is 5.02 Å². The molecule has 5 heteroatoms. The molecule has 0 N–H and O–H groups in total. The van der Waals surface area contributed by atoms with Gasteiger partial charge in [-0.25, -0.2) is 8.78 Å². The van der Waals surface area contributed by atoms with Crippen molar-refractivity contribution in [1.29, 1.82) is 0 Å². The van der Waals surface area contributed by atoms with Crippen LogP contribution in [0.4, 0.5) is 8.78 Å². The molecule has 0 saturated carbocycles. The maximum Gasteiger partial charge on any atom is 0.264 e. The largest absolute Gasteiger partial charge is 0.289 e. The number of rotatable bonds is 3. The fraction of sp³-hybridized carbons (Fsp3) is 0.0769. The van der Waals surface area contributed by atoms with E-state index in [1.54, 1.807) is 0 Å². The average Bonchev–Trinajstić information content (AvgIpc) is 2.38. The van der Waals surface area contributed by atoms with Gasteiger partial charge in [0.05, 0.1) is 0 Å². The summed E-state index contributed by atoms with van der Waals surface area (Å²) >= 11 is 5.74. The van der Waals surface area contributed by atoms with Gasteiger partial charge in [-0.05, 0) is 24.3 Å². The molecule has 2 aromatic rings. The first-order valence-corrected chi connectivity index (χ1v) is 5.49. The van der Waals surface area contributed by atoms with E-state index < -0.39 is 12.2 Å². The average molecular weight is 268 g/mol. The number of carbonyl (C=O) groups excluding carboxylic acids is 1. The monoisotopic (exact) mass is 267 g/mol. The highest BCUT2D eigenvalue weighted by atomic mass is 35.5. The molecule has 0 aliphatic heterocycles. The highest BCUT2D eigenvalue weighted by Gasteiger charge is 2.19. The van der Waals surface area contributed by atoms with E-state index in [-0.39, 0.29) is 16.1 Å². The molecule has 0 aliphatic carbocycles. The van der Waals surface area contributed by atoms with Crippen LogP contribution in [0.1, 0.15) is 27.9 Å². The second-order valence-corrected chi connectivity index (χ2v) is 4.03. The smallest absolute Gasteiger partial charge is 0.264 e. The van der Waals surface area contributed by atoms with Gasteiger partial charge in [0.25, 0.3) is 6.43 Å². The summed E-state index contributed by atoms with van der Waals surface area (Å²) in [6.07, 6.45) is 0.141. The second-order valence-electron chi connectivity index (χ2n) is 3.60. The zero-order valence-electron chi connectivity index (χ0n) is 9.11. The number of hydrogen-bond donors (Lipinski definition) is 0. The first kappa shape index (κ1) is 12.6. The lowest BCUT2D eigenvalue weighted by molar-refractivity contribution is 0.102. The van der Waals surface area contributed by atoms with Gasteiger partial charge >= 0.3 is 0 Å². The Morgan fingerprint density at radius 2 is 1.83 bits per heavy atom. The van der Waals surface area contributed by atoms with Crippen molar-refractivity contribution in [3.63, 3.8) is 0 Å². The van der Waals surface area contributed by atoms with E-state index in [1.165, 1.54) is 42.7 Å². The van der Waals surface area contributed by atoms with Gasteiger partial charge in [0.15, 0.2) is 5.78 Å². The topological polar surface area (TPSA) is 30.0 Å². The van der Waals surface area contributed by atoms with Crippen LogP contribution in [-0.2, 0) is 0 Å². The molecule has 92 valence electrons. The molecule has 2 rings (SSSR count). The quantitative estimate of drug-likeness (QED) is 0.790. The third kappa shape index (κ3) is 2.54. The molecule has 0 unspecified atom stereocenters. The number of alkyl halides is 2. The van der Waals surface area contributed by atoms with Crippen LogP contribution in [0.25, 0.3) is 0 Å². The van der Waals surface area contributed by atoms with Crippen LogP contribution in [0.5, 0.6) is 0 Å². The number of benzene rings is 1. The van der Waals surface area contributed by atoms with Gasteiger partial charge < -0.3 is 0 Å². The molecule has 0 amide bonds. The van der Waals surface area contributed by atoms with Gasteiger partial charge in [-0.2, -0.15) is 0 Å². The molecule has 0 spiro atoms. The van der Waals surface area contributed by atoms with Gasteiger partial charge in [0.2, 0.25) is 0 Å². The molecule has 1 heterocycles. The Morgan fingerprint density at radius 1 is 1.17 bits per heavy atom. The van der Waals surface area contributed by atoms with Crippen molar-refractivity contribution >= 4 is 17.4 Å². The Bertz CT molecular complexity index is 572. The summed E-state index contributed by atoms with van der Waals surface area (Å²) in [4.78, 5) is 15.9. The van der Waals surface area contributed by atoms with Gasteiger partial charge in [-0.3, -0.25) is 9.78 Å². The molecular weight excluding hydrogens is 260 g/mol. The van der Waals surface area contributed by atoms with Crippen molar-refractivity contribution in [2.24, 2.45) is 0 Å². The van der Waals surface area contributed by atoms with Crippen molar-refractivity contribution in [2.45, 2.75) is 6.43 Å². The van der Waals surface area contributed by atoms with Crippen LogP contribution in [0.15, 0.2) is 42.7 Å². The van der Waals surface area contributed by atoms with Crippen LogP contribution in [-0.4, -0.2) is 10.8 Å². The molecule has 0 atom stereocenters. The molecule has 0 radical (unpaired) electrons. The van der Waals surface area contributed by atoms with E-state index in [0.29, 0.717) is 5.56 Å². The number of pyridine rings is 1. The fourth-order valence-electron chi connectivity index (χ4n) is 1.57. The molecule has 2 nitrogen and oxygen atoms in total. The highest BCUT2D eigenvalue weighted by Crippen LogP contribution is 2.27. The predicted octanol–water partition coefficient (Wildman–Crippen LogP) is 3.90. The molecule has 0 saturated heterocycles. The van der Waals surface area contributed by atoms with Gasteiger partial charge in [-0.15, -0.1) is 0 Å². The SMILES string of the molecule is O=C(c1ccncc1)c1cc(Cl)ccc1C(F)F. The number of ketones is 1. The Labute approximate surface area is 107 Å². The van der Waals surface area contributed by atoms with E-state index in [4.69, 9.17) is 11.6 Å². The molecule has 18 heavy (non-hydrogen) atoms. The van der Waals surface area contributed by atoms with Crippen molar-refractivity contribution < 1.29 is 13.6 Å². The van der Waals surface area contributed by atoms with Crippen LogP contribution in [0, 0.1) is 0 Å². The summed E-state index contributed by atoms with van der Waals surface area (Å²) in [5, 5.41) is 0.247. The third-order valence-corrected chi connectivity index (χ3v) is 2.67. The summed E-state index contributed by atoms with van der Waals surface area (Å²) in [6.45, 7) is 0. The zero-order valence-corrected chi connectivity index (χ0v) is 9.86. The molecule has 0 fully saturated rings. The van der Waals surface area contributed by atoms with E-state index >= 15 is 0 Å². The first-order chi connectivity index (χ1) is 8.59. The van der Waals surface area contributed by atoms with Crippen LogP contribution < -0.4 is 0 Å². The second kappa shape index (κ2) is 5.23. The maximum absolute atomic E-state index is 12.8. The number of aromatic nitrogens is 1. The van der Waals surface area contributed by atoms with E-state index in [2.05, 4.69) is 4.98 Å². The zero-order chi connectivity index (χ0) is 13.1. The van der Waals surface area contributed by atoms with Crippen molar-refractivity contribution in [2.75, 3.05) is 0 Å². The van der Waals surface area contributed by atoms with Crippen molar-refractivity contribution in [1.82, 2.24) is 4.98 Å². The first-order valence-electron chi connectivity index (χ1n) is 5.12. The molecular formula is C13H8ClF2NO. The van der Waals surface area contributed by atoms with Crippen molar-refractivity contribution in [3.05, 3.63) is 64.4 Å². The molecule has 0 aliphatic rings. The predicted molar refractivity (Wildman–Crippen MR) is 64.1 cm³/mol. The standard InChI is InChI=1S/C13H8ClF2NO/c14-9-1-2-10(13(15)16)11(7-9)12(18)8-3-5-17-6-4-8/h1-7,13H. The van der Waals surface area contributed by atoms with Gasteiger partial charge in [0.1, 0.15) is 0 Å². The Balaban J connectivity index is 2.50. The van der Waals surface area contributed by atoms with Gasteiger partial charge in [-0.1, -0.05) is 17.7 Å². The van der Waals surface area contributed by atoms with Gasteiger partial charge in [0, 0.05) is 34.1 Å². The third-order valence-electron chi connectivity index (χ3n) is 2.44. The minimum atomic E-state index is -2.72. The Hall–Kier alpha value is -1.81. The summed E-state index contributed by atoms with van der Waals surface area (Å²) < 4.78 is 25.7. The number of halogens is 3. The van der Waals surface area contributed by atoms with Crippen LogP contribution in [0.3, 0.4) is 0 Å². The summed E-state index contributed by atoms with van der Waals surface area (Å²) in [6, 6.07) is 6.70.